The summed E-state index contributed by atoms with van der Waals surface area (Å²) in [7, 11) is 3.20. The Morgan fingerprint density at radius 1 is 1.23 bits per heavy atom. The zero-order valence-electron chi connectivity index (χ0n) is 14.2. The summed E-state index contributed by atoms with van der Waals surface area (Å²) in [5, 5.41) is 9.58. The van der Waals surface area contributed by atoms with Crippen LogP contribution in [0.15, 0.2) is 38.8 Å². The summed E-state index contributed by atoms with van der Waals surface area (Å²) in [5.74, 6) is 1.16. The fourth-order valence-electron chi connectivity index (χ4n) is 2.39. The summed E-state index contributed by atoms with van der Waals surface area (Å²) in [6, 6.07) is 5.77. The molecule has 0 bridgehead atoms. The summed E-state index contributed by atoms with van der Waals surface area (Å²) in [6.45, 7) is 0.498. The van der Waals surface area contributed by atoms with E-state index >= 15 is 0 Å². The van der Waals surface area contributed by atoms with Gasteiger partial charge in [-0.05, 0) is 35.6 Å². The Kier molecular flexibility index (Phi) is 6.29. The molecule has 2 aromatic heterocycles. The van der Waals surface area contributed by atoms with Crippen LogP contribution in [0.3, 0.4) is 0 Å². The molecular formula is C18H17BrN2O3S2. The van der Waals surface area contributed by atoms with Gasteiger partial charge < -0.3 is 14.8 Å². The molecule has 0 aliphatic rings. The Morgan fingerprint density at radius 3 is 2.69 bits per heavy atom. The number of hydrogen-bond donors (Lipinski definition) is 1. The quantitative estimate of drug-likeness (QED) is 0.567. The maximum atomic E-state index is 12.3. The van der Waals surface area contributed by atoms with Crippen LogP contribution in [-0.4, -0.2) is 31.7 Å². The molecular weight excluding hydrogens is 436 g/mol. The van der Waals surface area contributed by atoms with Crippen molar-refractivity contribution in [3.05, 3.63) is 50.1 Å². The maximum Gasteiger partial charge on any atom is 0.270 e. The maximum absolute atomic E-state index is 12.3. The summed E-state index contributed by atoms with van der Waals surface area (Å²) in [6.07, 6.45) is 0.661. The summed E-state index contributed by atoms with van der Waals surface area (Å²) in [5.41, 5.74) is 2.52. The van der Waals surface area contributed by atoms with Crippen LogP contribution in [0.5, 0.6) is 11.5 Å². The van der Waals surface area contributed by atoms with E-state index < -0.39 is 0 Å². The summed E-state index contributed by atoms with van der Waals surface area (Å²) < 4.78 is 11.5. The van der Waals surface area contributed by atoms with Gasteiger partial charge in [-0.3, -0.25) is 4.79 Å². The van der Waals surface area contributed by atoms with Gasteiger partial charge in [0.1, 0.15) is 10.7 Å². The first-order valence-corrected chi connectivity index (χ1v) is 10.4. The van der Waals surface area contributed by atoms with Crippen molar-refractivity contribution in [1.82, 2.24) is 10.3 Å². The lowest BCUT2D eigenvalue weighted by molar-refractivity contribution is 0.0950. The van der Waals surface area contributed by atoms with Gasteiger partial charge >= 0.3 is 0 Å². The predicted molar refractivity (Wildman–Crippen MR) is 109 cm³/mol. The van der Waals surface area contributed by atoms with Gasteiger partial charge in [-0.15, -0.1) is 11.3 Å². The van der Waals surface area contributed by atoms with Gasteiger partial charge in [-0.2, -0.15) is 11.3 Å². The van der Waals surface area contributed by atoms with E-state index in [1.807, 2.05) is 29.0 Å². The third-order valence-electron chi connectivity index (χ3n) is 3.74. The van der Waals surface area contributed by atoms with E-state index in [1.54, 1.807) is 30.9 Å². The molecule has 1 aromatic carbocycles. The van der Waals surface area contributed by atoms with Crippen LogP contribution >= 0.6 is 38.6 Å². The van der Waals surface area contributed by atoms with E-state index in [4.69, 9.17) is 9.47 Å². The van der Waals surface area contributed by atoms with Crippen LogP contribution in [0.25, 0.3) is 10.6 Å². The second kappa shape index (κ2) is 8.66. The monoisotopic (exact) mass is 452 g/mol. The smallest absolute Gasteiger partial charge is 0.270 e. The molecule has 1 N–H and O–H groups in total. The van der Waals surface area contributed by atoms with E-state index in [1.165, 1.54) is 11.3 Å². The van der Waals surface area contributed by atoms with Gasteiger partial charge in [0.05, 0.1) is 14.2 Å². The van der Waals surface area contributed by atoms with Crippen molar-refractivity contribution in [1.29, 1.82) is 0 Å². The average molecular weight is 453 g/mol. The molecule has 0 spiro atoms. The Labute approximate surface area is 168 Å². The molecule has 0 fully saturated rings. The van der Waals surface area contributed by atoms with Crippen molar-refractivity contribution < 1.29 is 14.3 Å². The molecule has 0 saturated heterocycles. The molecule has 0 aliphatic heterocycles. The lowest BCUT2D eigenvalue weighted by atomic mass is 10.1. The third kappa shape index (κ3) is 4.25. The van der Waals surface area contributed by atoms with Crippen LogP contribution in [-0.2, 0) is 6.42 Å². The van der Waals surface area contributed by atoms with Gasteiger partial charge in [0, 0.05) is 27.3 Å². The summed E-state index contributed by atoms with van der Waals surface area (Å²) in [4.78, 5) is 16.7. The molecule has 136 valence electrons. The number of nitrogens with zero attached hydrogens (tertiary/aromatic N) is 1. The number of ether oxygens (including phenoxy) is 2. The predicted octanol–water partition coefficient (Wildman–Crippen LogP) is 4.62. The Bertz CT molecular complexity index is 894. The first-order valence-electron chi connectivity index (χ1n) is 7.79. The molecule has 8 heteroatoms. The number of aromatic nitrogens is 1. The zero-order valence-corrected chi connectivity index (χ0v) is 17.5. The summed E-state index contributed by atoms with van der Waals surface area (Å²) >= 11 is 6.62. The number of thiophene rings is 1. The van der Waals surface area contributed by atoms with Crippen molar-refractivity contribution >= 4 is 44.5 Å². The van der Waals surface area contributed by atoms with Gasteiger partial charge in [0.15, 0.2) is 11.5 Å². The third-order valence-corrected chi connectivity index (χ3v) is 6.05. The lowest BCUT2D eigenvalue weighted by Crippen LogP contribution is -2.26. The second-order valence-electron chi connectivity index (χ2n) is 5.35. The largest absolute Gasteiger partial charge is 0.493 e. The van der Waals surface area contributed by atoms with Crippen LogP contribution in [0.4, 0.5) is 0 Å². The minimum atomic E-state index is -0.167. The molecule has 0 atom stereocenters. The Balaban J connectivity index is 1.60. The fraction of sp³-hybridized carbons (Fsp3) is 0.222. The molecule has 0 unspecified atom stereocenters. The molecule has 5 nitrogen and oxygen atoms in total. The number of benzene rings is 1. The molecule has 0 aliphatic carbocycles. The number of carbonyl (C=O) groups is 1. The molecule has 26 heavy (non-hydrogen) atoms. The van der Waals surface area contributed by atoms with Crippen molar-refractivity contribution in [2.75, 3.05) is 20.8 Å². The van der Waals surface area contributed by atoms with E-state index in [0.29, 0.717) is 30.2 Å². The number of rotatable bonds is 7. The zero-order chi connectivity index (χ0) is 18.5. The molecule has 1 amide bonds. The van der Waals surface area contributed by atoms with E-state index in [9.17, 15) is 4.79 Å². The molecule has 2 heterocycles. The number of thiazole rings is 1. The lowest BCUT2D eigenvalue weighted by Gasteiger charge is -2.12. The first kappa shape index (κ1) is 18.9. The molecule has 3 rings (SSSR count). The van der Waals surface area contributed by atoms with Gasteiger partial charge in [-0.1, -0.05) is 15.9 Å². The van der Waals surface area contributed by atoms with Crippen molar-refractivity contribution in [2.45, 2.75) is 6.42 Å². The molecule has 0 saturated carbocycles. The van der Waals surface area contributed by atoms with E-state index in [-0.39, 0.29) is 5.91 Å². The highest BCUT2D eigenvalue weighted by atomic mass is 79.9. The van der Waals surface area contributed by atoms with Crippen LogP contribution < -0.4 is 14.8 Å². The van der Waals surface area contributed by atoms with Gasteiger partial charge in [-0.25, -0.2) is 4.98 Å². The minimum absolute atomic E-state index is 0.167. The number of hydrogen-bond acceptors (Lipinski definition) is 6. The number of carbonyl (C=O) groups excluding carboxylic acids is 1. The van der Waals surface area contributed by atoms with Crippen LogP contribution in [0.1, 0.15) is 16.1 Å². The highest BCUT2D eigenvalue weighted by molar-refractivity contribution is 9.10. The minimum Gasteiger partial charge on any atom is -0.493 e. The van der Waals surface area contributed by atoms with Gasteiger partial charge in [0.25, 0.3) is 5.91 Å². The van der Waals surface area contributed by atoms with Crippen molar-refractivity contribution in [2.24, 2.45) is 0 Å². The highest BCUT2D eigenvalue weighted by Gasteiger charge is 2.13. The number of amides is 1. The SMILES string of the molecule is COc1cc(Br)c(CCNC(=O)c2csc(-c3ccsc3)n2)cc1OC. The number of methoxy groups -OCH3 is 2. The fourth-order valence-corrected chi connectivity index (χ4v) is 4.42. The topological polar surface area (TPSA) is 60.5 Å². The standard InChI is InChI=1S/C18H17BrN2O3S2/c1-23-15-7-11(13(19)8-16(15)24-2)3-5-20-17(22)14-10-26-18(21-14)12-4-6-25-9-12/h4,6-10H,3,5H2,1-2H3,(H,20,22). The average Bonchev–Trinajstić information content (AvgIpc) is 3.33. The Hall–Kier alpha value is -1.90. The number of nitrogens with one attached hydrogen (secondary N) is 1. The van der Waals surface area contributed by atoms with Crippen molar-refractivity contribution in [3.63, 3.8) is 0 Å². The second-order valence-corrected chi connectivity index (χ2v) is 7.85. The van der Waals surface area contributed by atoms with Crippen molar-refractivity contribution in [3.8, 4) is 22.1 Å². The van der Waals surface area contributed by atoms with Crippen LogP contribution in [0, 0.1) is 0 Å². The molecule has 0 radical (unpaired) electrons. The normalized spacial score (nSPS) is 10.6. The number of halogens is 1. The first-order chi connectivity index (χ1) is 12.6. The van der Waals surface area contributed by atoms with E-state index in [2.05, 4.69) is 26.2 Å². The molecule has 3 aromatic rings. The van der Waals surface area contributed by atoms with Gasteiger partial charge in [0.2, 0.25) is 0 Å². The van der Waals surface area contributed by atoms with Crippen LogP contribution in [0.2, 0.25) is 0 Å². The van der Waals surface area contributed by atoms with E-state index in [0.717, 1.165) is 20.6 Å². The highest BCUT2D eigenvalue weighted by Crippen LogP contribution is 2.33. The Morgan fingerprint density at radius 2 is 2.00 bits per heavy atom.